The molecule has 6 heteroatoms. The lowest BCUT2D eigenvalue weighted by Gasteiger charge is -2.34. The molecule has 6 nitrogen and oxygen atoms in total. The Morgan fingerprint density at radius 2 is 2.00 bits per heavy atom. The van der Waals surface area contributed by atoms with Crippen LogP contribution in [0.2, 0.25) is 0 Å². The number of hydrogen-bond acceptors (Lipinski definition) is 5. The summed E-state index contributed by atoms with van der Waals surface area (Å²) in [6.45, 7) is 2.76. The van der Waals surface area contributed by atoms with Crippen LogP contribution < -0.4 is 0 Å². The minimum absolute atomic E-state index is 0.0626. The van der Waals surface area contributed by atoms with Crippen LogP contribution in [0, 0.1) is 0 Å². The van der Waals surface area contributed by atoms with Gasteiger partial charge in [0.2, 0.25) is 11.8 Å². The third-order valence-electron chi connectivity index (χ3n) is 5.04. The van der Waals surface area contributed by atoms with E-state index in [0.29, 0.717) is 11.8 Å². The van der Waals surface area contributed by atoms with Crippen molar-refractivity contribution in [1.82, 2.24) is 19.9 Å². The van der Waals surface area contributed by atoms with Gasteiger partial charge in [-0.3, -0.25) is 9.69 Å². The summed E-state index contributed by atoms with van der Waals surface area (Å²) in [5.41, 5.74) is 0. The minimum Gasteiger partial charge on any atom is -0.344 e. The zero-order chi connectivity index (χ0) is 14.4. The summed E-state index contributed by atoms with van der Waals surface area (Å²) in [7, 11) is 1.89. The number of carbonyl (C=O) groups is 1. The summed E-state index contributed by atoms with van der Waals surface area (Å²) in [6, 6.07) is 0.0626. The monoisotopic (exact) mass is 290 g/mol. The van der Waals surface area contributed by atoms with Crippen molar-refractivity contribution in [2.75, 3.05) is 26.7 Å². The SMILES string of the molecule is CN1CC[C@@H](N2CCC[C@H](c3noc(C4CC4)n3)C2)C1=O. The highest BCUT2D eigenvalue weighted by Gasteiger charge is 2.38. The standard InChI is InChI=1S/C15H22N4O2/c1-18-8-6-12(15(18)20)19-7-2-3-11(9-19)13-16-14(21-17-13)10-4-5-10/h10-12H,2-9H2,1H3/t11-,12+/m0/s1. The van der Waals surface area contributed by atoms with E-state index in [2.05, 4.69) is 15.0 Å². The maximum Gasteiger partial charge on any atom is 0.239 e. The van der Waals surface area contributed by atoms with E-state index in [0.717, 1.165) is 50.6 Å². The zero-order valence-electron chi connectivity index (χ0n) is 12.5. The van der Waals surface area contributed by atoms with Crippen molar-refractivity contribution in [3.05, 3.63) is 11.7 Å². The van der Waals surface area contributed by atoms with Crippen LogP contribution >= 0.6 is 0 Å². The van der Waals surface area contributed by atoms with Gasteiger partial charge in [-0.15, -0.1) is 0 Å². The quantitative estimate of drug-likeness (QED) is 0.841. The molecule has 4 rings (SSSR count). The molecule has 1 saturated carbocycles. The smallest absolute Gasteiger partial charge is 0.239 e. The van der Waals surface area contributed by atoms with E-state index < -0.39 is 0 Å². The number of hydrogen-bond donors (Lipinski definition) is 0. The summed E-state index contributed by atoms with van der Waals surface area (Å²) >= 11 is 0. The molecule has 0 radical (unpaired) electrons. The number of amides is 1. The Balaban J connectivity index is 1.45. The zero-order valence-corrected chi connectivity index (χ0v) is 12.5. The second kappa shape index (κ2) is 5.09. The fraction of sp³-hybridized carbons (Fsp3) is 0.800. The highest BCUT2D eigenvalue weighted by atomic mass is 16.5. The van der Waals surface area contributed by atoms with Gasteiger partial charge in [0.05, 0.1) is 6.04 Å². The lowest BCUT2D eigenvalue weighted by atomic mass is 9.95. The topological polar surface area (TPSA) is 62.5 Å². The molecule has 1 aromatic heterocycles. The summed E-state index contributed by atoms with van der Waals surface area (Å²) < 4.78 is 5.39. The van der Waals surface area contributed by atoms with Gasteiger partial charge in [-0.1, -0.05) is 5.16 Å². The van der Waals surface area contributed by atoms with Crippen molar-refractivity contribution >= 4 is 5.91 Å². The number of rotatable bonds is 3. The first-order chi connectivity index (χ1) is 10.2. The molecule has 1 aromatic rings. The molecule has 1 amide bonds. The highest BCUT2D eigenvalue weighted by molar-refractivity contribution is 5.83. The molecule has 2 saturated heterocycles. The molecule has 2 atom stereocenters. The van der Waals surface area contributed by atoms with Gasteiger partial charge in [0.1, 0.15) is 0 Å². The number of nitrogens with zero attached hydrogens (tertiary/aromatic N) is 4. The van der Waals surface area contributed by atoms with E-state index in [4.69, 9.17) is 4.52 Å². The highest BCUT2D eigenvalue weighted by Crippen LogP contribution is 2.39. The first-order valence-electron chi connectivity index (χ1n) is 8.05. The average molecular weight is 290 g/mol. The van der Waals surface area contributed by atoms with E-state index in [-0.39, 0.29) is 11.9 Å². The molecule has 0 aromatic carbocycles. The van der Waals surface area contributed by atoms with Gasteiger partial charge >= 0.3 is 0 Å². The second-order valence-corrected chi connectivity index (χ2v) is 6.66. The van der Waals surface area contributed by atoms with Gasteiger partial charge in [0.15, 0.2) is 5.82 Å². The largest absolute Gasteiger partial charge is 0.344 e. The second-order valence-electron chi connectivity index (χ2n) is 6.66. The fourth-order valence-electron chi connectivity index (χ4n) is 3.55. The van der Waals surface area contributed by atoms with Gasteiger partial charge < -0.3 is 9.42 Å². The summed E-state index contributed by atoms with van der Waals surface area (Å²) in [5, 5.41) is 4.19. The van der Waals surface area contributed by atoms with Crippen LogP contribution in [0.5, 0.6) is 0 Å². The van der Waals surface area contributed by atoms with Crippen LogP contribution in [-0.4, -0.2) is 58.6 Å². The average Bonchev–Trinajstić information content (AvgIpc) is 3.14. The van der Waals surface area contributed by atoms with Crippen molar-refractivity contribution in [3.63, 3.8) is 0 Å². The molecular weight excluding hydrogens is 268 g/mol. The number of carbonyl (C=O) groups excluding carboxylic acids is 1. The molecule has 3 fully saturated rings. The molecule has 114 valence electrons. The Kier molecular flexibility index (Phi) is 3.21. The summed E-state index contributed by atoms with van der Waals surface area (Å²) in [6.07, 6.45) is 5.51. The van der Waals surface area contributed by atoms with Crippen molar-refractivity contribution in [2.24, 2.45) is 0 Å². The molecule has 2 aliphatic heterocycles. The molecule has 1 aliphatic carbocycles. The van der Waals surface area contributed by atoms with Crippen molar-refractivity contribution < 1.29 is 9.32 Å². The molecule has 0 spiro atoms. The summed E-state index contributed by atoms with van der Waals surface area (Å²) in [5.74, 6) is 2.76. The van der Waals surface area contributed by atoms with Crippen molar-refractivity contribution in [2.45, 2.75) is 50.0 Å². The van der Waals surface area contributed by atoms with E-state index in [1.54, 1.807) is 0 Å². The Morgan fingerprint density at radius 1 is 1.14 bits per heavy atom. The van der Waals surface area contributed by atoms with Crippen LogP contribution in [0.1, 0.15) is 55.7 Å². The lowest BCUT2D eigenvalue weighted by molar-refractivity contribution is -0.131. The Hall–Kier alpha value is -1.43. The van der Waals surface area contributed by atoms with Crippen LogP contribution in [-0.2, 0) is 4.79 Å². The lowest BCUT2D eigenvalue weighted by Crippen LogP contribution is -2.45. The molecule has 0 bridgehead atoms. The molecule has 3 heterocycles. The summed E-state index contributed by atoms with van der Waals surface area (Å²) in [4.78, 5) is 20.9. The number of piperidine rings is 1. The predicted octanol–water partition coefficient (Wildman–Crippen LogP) is 1.36. The van der Waals surface area contributed by atoms with Gasteiger partial charge in [-0.25, -0.2) is 0 Å². The van der Waals surface area contributed by atoms with Crippen LogP contribution in [0.4, 0.5) is 0 Å². The Labute approximate surface area is 124 Å². The molecular formula is C15H22N4O2. The van der Waals surface area contributed by atoms with Gasteiger partial charge in [-0.2, -0.15) is 4.98 Å². The van der Waals surface area contributed by atoms with Crippen LogP contribution in [0.15, 0.2) is 4.52 Å². The first kappa shape index (κ1) is 13.2. The number of aromatic nitrogens is 2. The third kappa shape index (κ3) is 2.46. The van der Waals surface area contributed by atoms with Gasteiger partial charge in [0.25, 0.3) is 0 Å². The van der Waals surface area contributed by atoms with Gasteiger partial charge in [-0.05, 0) is 38.6 Å². The van der Waals surface area contributed by atoms with Crippen LogP contribution in [0.3, 0.4) is 0 Å². The number of likely N-dealkylation sites (tertiary alicyclic amines) is 2. The molecule has 3 aliphatic rings. The maximum atomic E-state index is 12.2. The normalized spacial score (nSPS) is 31.1. The van der Waals surface area contributed by atoms with Crippen molar-refractivity contribution in [1.29, 1.82) is 0 Å². The van der Waals surface area contributed by atoms with E-state index >= 15 is 0 Å². The Bertz CT molecular complexity index is 540. The molecule has 0 N–H and O–H groups in total. The molecule has 0 unspecified atom stereocenters. The van der Waals surface area contributed by atoms with E-state index in [1.165, 1.54) is 12.8 Å². The maximum absolute atomic E-state index is 12.2. The fourth-order valence-corrected chi connectivity index (χ4v) is 3.55. The van der Waals surface area contributed by atoms with Crippen LogP contribution in [0.25, 0.3) is 0 Å². The minimum atomic E-state index is 0.0626. The first-order valence-corrected chi connectivity index (χ1v) is 8.05. The molecule has 21 heavy (non-hydrogen) atoms. The third-order valence-corrected chi connectivity index (χ3v) is 5.04. The van der Waals surface area contributed by atoms with Crippen molar-refractivity contribution in [3.8, 4) is 0 Å². The number of likely N-dealkylation sites (N-methyl/N-ethyl adjacent to an activating group) is 1. The van der Waals surface area contributed by atoms with E-state index in [9.17, 15) is 4.79 Å². The predicted molar refractivity (Wildman–Crippen MR) is 75.9 cm³/mol. The van der Waals surface area contributed by atoms with E-state index in [1.807, 2.05) is 11.9 Å². The van der Waals surface area contributed by atoms with Gasteiger partial charge in [0, 0.05) is 32.0 Å². The Morgan fingerprint density at radius 3 is 2.71 bits per heavy atom.